The van der Waals surface area contributed by atoms with Crippen LogP contribution in [-0.4, -0.2) is 18.0 Å². The van der Waals surface area contributed by atoms with Gasteiger partial charge in [0.15, 0.2) is 11.6 Å². The highest BCUT2D eigenvalue weighted by molar-refractivity contribution is 5.84. The maximum atomic E-state index is 13.5. The Hall–Kier alpha value is -1.65. The predicted molar refractivity (Wildman–Crippen MR) is 69.8 cm³/mol. The van der Waals surface area contributed by atoms with Crippen molar-refractivity contribution in [3.8, 4) is 0 Å². The largest absolute Gasteiger partial charge is 0.371 e. The minimum Gasteiger partial charge on any atom is -0.371 e. The maximum absolute atomic E-state index is 13.5. The Labute approximate surface area is 111 Å². The standard InChI is InChI=1S/C14H18F2N2O/c1-9(14(19)18-10-5-2-3-6-10)17-12-8-4-7-11(15)13(12)16/h4,7-10,17H,2-3,5-6H2,1H3,(H,18,19). The average Bonchev–Trinajstić information content (AvgIpc) is 2.87. The van der Waals surface area contributed by atoms with E-state index in [1.54, 1.807) is 6.92 Å². The lowest BCUT2D eigenvalue weighted by atomic mass is 10.2. The first-order chi connectivity index (χ1) is 9.08. The Morgan fingerprint density at radius 2 is 2.00 bits per heavy atom. The molecule has 104 valence electrons. The van der Waals surface area contributed by atoms with Crippen LogP contribution >= 0.6 is 0 Å². The van der Waals surface area contributed by atoms with Crippen LogP contribution in [0.2, 0.25) is 0 Å². The molecule has 5 heteroatoms. The molecule has 1 unspecified atom stereocenters. The number of carbonyl (C=O) groups excluding carboxylic acids is 1. The van der Waals surface area contributed by atoms with Gasteiger partial charge in [0.1, 0.15) is 6.04 Å². The molecule has 0 aliphatic heterocycles. The molecular weight excluding hydrogens is 250 g/mol. The monoisotopic (exact) mass is 268 g/mol. The third-order valence-electron chi connectivity index (χ3n) is 3.42. The summed E-state index contributed by atoms with van der Waals surface area (Å²) in [4.78, 5) is 11.9. The zero-order valence-corrected chi connectivity index (χ0v) is 10.9. The van der Waals surface area contributed by atoms with Crippen molar-refractivity contribution in [1.82, 2.24) is 5.32 Å². The van der Waals surface area contributed by atoms with E-state index < -0.39 is 17.7 Å². The molecule has 1 atom stereocenters. The van der Waals surface area contributed by atoms with Gasteiger partial charge in [0, 0.05) is 6.04 Å². The van der Waals surface area contributed by atoms with Crippen LogP contribution in [0.3, 0.4) is 0 Å². The number of hydrogen-bond donors (Lipinski definition) is 2. The molecule has 0 spiro atoms. The Bertz CT molecular complexity index is 459. The topological polar surface area (TPSA) is 41.1 Å². The van der Waals surface area contributed by atoms with Gasteiger partial charge in [0.2, 0.25) is 5.91 Å². The third kappa shape index (κ3) is 3.43. The van der Waals surface area contributed by atoms with Crippen LogP contribution in [0.4, 0.5) is 14.5 Å². The van der Waals surface area contributed by atoms with Gasteiger partial charge in [-0.05, 0) is 31.9 Å². The fourth-order valence-corrected chi connectivity index (χ4v) is 2.31. The lowest BCUT2D eigenvalue weighted by Crippen LogP contribution is -2.42. The summed E-state index contributed by atoms with van der Waals surface area (Å²) >= 11 is 0. The summed E-state index contributed by atoms with van der Waals surface area (Å²) in [7, 11) is 0. The van der Waals surface area contributed by atoms with E-state index in [4.69, 9.17) is 0 Å². The first kappa shape index (κ1) is 13.8. The van der Waals surface area contributed by atoms with E-state index in [2.05, 4.69) is 10.6 Å². The molecule has 0 radical (unpaired) electrons. The number of benzene rings is 1. The molecule has 19 heavy (non-hydrogen) atoms. The van der Waals surface area contributed by atoms with Gasteiger partial charge in [0.05, 0.1) is 5.69 Å². The Balaban J connectivity index is 1.94. The number of nitrogens with one attached hydrogen (secondary N) is 2. The van der Waals surface area contributed by atoms with Gasteiger partial charge in [0.25, 0.3) is 0 Å². The quantitative estimate of drug-likeness (QED) is 0.881. The molecule has 1 amide bonds. The molecule has 2 rings (SSSR count). The van der Waals surface area contributed by atoms with Crippen molar-refractivity contribution >= 4 is 11.6 Å². The molecule has 3 nitrogen and oxygen atoms in total. The Morgan fingerprint density at radius 1 is 1.32 bits per heavy atom. The third-order valence-corrected chi connectivity index (χ3v) is 3.42. The molecule has 1 fully saturated rings. The van der Waals surface area contributed by atoms with Crippen molar-refractivity contribution < 1.29 is 13.6 Å². The number of hydrogen-bond acceptors (Lipinski definition) is 2. The molecule has 0 bridgehead atoms. The maximum Gasteiger partial charge on any atom is 0.242 e. The molecule has 0 heterocycles. The predicted octanol–water partition coefficient (Wildman–Crippen LogP) is 2.82. The SMILES string of the molecule is CC(Nc1cccc(F)c1F)C(=O)NC1CCCC1. The van der Waals surface area contributed by atoms with Gasteiger partial charge in [-0.25, -0.2) is 8.78 Å². The summed E-state index contributed by atoms with van der Waals surface area (Å²) in [6, 6.07) is 3.48. The van der Waals surface area contributed by atoms with Crippen molar-refractivity contribution in [2.45, 2.75) is 44.7 Å². The second kappa shape index (κ2) is 5.99. The molecule has 1 aliphatic rings. The van der Waals surface area contributed by atoms with Crippen LogP contribution in [0.1, 0.15) is 32.6 Å². The number of anilines is 1. The van der Waals surface area contributed by atoms with Gasteiger partial charge >= 0.3 is 0 Å². The summed E-state index contributed by atoms with van der Waals surface area (Å²) in [5.74, 6) is -2.06. The van der Waals surface area contributed by atoms with Crippen molar-refractivity contribution in [3.63, 3.8) is 0 Å². The van der Waals surface area contributed by atoms with Crippen LogP contribution in [0, 0.1) is 11.6 Å². The minimum atomic E-state index is -0.956. The second-order valence-electron chi connectivity index (χ2n) is 4.96. The number of halogens is 2. The van der Waals surface area contributed by atoms with Gasteiger partial charge in [-0.3, -0.25) is 4.79 Å². The normalized spacial score (nSPS) is 17.2. The van der Waals surface area contributed by atoms with Crippen LogP contribution in [-0.2, 0) is 4.79 Å². The van der Waals surface area contributed by atoms with Crippen LogP contribution in [0.25, 0.3) is 0 Å². The zero-order valence-electron chi connectivity index (χ0n) is 10.9. The zero-order chi connectivity index (χ0) is 13.8. The number of carbonyl (C=O) groups is 1. The van der Waals surface area contributed by atoms with E-state index in [0.29, 0.717) is 0 Å². The first-order valence-corrected chi connectivity index (χ1v) is 6.59. The molecule has 0 aromatic heterocycles. The van der Waals surface area contributed by atoms with E-state index in [0.717, 1.165) is 31.7 Å². The van der Waals surface area contributed by atoms with E-state index >= 15 is 0 Å². The van der Waals surface area contributed by atoms with Gasteiger partial charge in [-0.2, -0.15) is 0 Å². The van der Waals surface area contributed by atoms with E-state index in [9.17, 15) is 13.6 Å². The molecule has 2 N–H and O–H groups in total. The van der Waals surface area contributed by atoms with E-state index in [1.165, 1.54) is 12.1 Å². The molecule has 1 aromatic carbocycles. The average molecular weight is 268 g/mol. The molecular formula is C14H18F2N2O. The van der Waals surface area contributed by atoms with Crippen LogP contribution in [0.15, 0.2) is 18.2 Å². The first-order valence-electron chi connectivity index (χ1n) is 6.59. The smallest absolute Gasteiger partial charge is 0.242 e. The molecule has 0 saturated heterocycles. The molecule has 1 aromatic rings. The highest BCUT2D eigenvalue weighted by Gasteiger charge is 2.21. The highest BCUT2D eigenvalue weighted by atomic mass is 19.2. The van der Waals surface area contributed by atoms with Crippen molar-refractivity contribution in [2.75, 3.05) is 5.32 Å². The summed E-state index contributed by atoms with van der Waals surface area (Å²) in [6.07, 6.45) is 4.25. The van der Waals surface area contributed by atoms with Crippen molar-refractivity contribution in [3.05, 3.63) is 29.8 Å². The highest BCUT2D eigenvalue weighted by Crippen LogP contribution is 2.19. The van der Waals surface area contributed by atoms with Crippen LogP contribution < -0.4 is 10.6 Å². The lowest BCUT2D eigenvalue weighted by Gasteiger charge is -2.18. The van der Waals surface area contributed by atoms with Gasteiger partial charge < -0.3 is 10.6 Å². The summed E-state index contributed by atoms with van der Waals surface area (Å²) < 4.78 is 26.5. The fourth-order valence-electron chi connectivity index (χ4n) is 2.31. The number of amides is 1. The van der Waals surface area contributed by atoms with Gasteiger partial charge in [-0.15, -0.1) is 0 Å². The minimum absolute atomic E-state index is 0.00840. The Morgan fingerprint density at radius 3 is 2.68 bits per heavy atom. The summed E-state index contributed by atoms with van der Waals surface area (Å²) in [5.41, 5.74) is 0.00840. The summed E-state index contributed by atoms with van der Waals surface area (Å²) in [5, 5.41) is 5.61. The number of rotatable bonds is 4. The molecule has 1 saturated carbocycles. The Kier molecular flexibility index (Phi) is 4.35. The van der Waals surface area contributed by atoms with E-state index in [-0.39, 0.29) is 17.6 Å². The van der Waals surface area contributed by atoms with Gasteiger partial charge in [-0.1, -0.05) is 18.9 Å². The summed E-state index contributed by atoms with van der Waals surface area (Å²) in [6.45, 7) is 1.63. The second-order valence-corrected chi connectivity index (χ2v) is 4.96. The fraction of sp³-hybridized carbons (Fsp3) is 0.500. The van der Waals surface area contributed by atoms with Crippen LogP contribution in [0.5, 0.6) is 0 Å². The lowest BCUT2D eigenvalue weighted by molar-refractivity contribution is -0.122. The van der Waals surface area contributed by atoms with Crippen molar-refractivity contribution in [1.29, 1.82) is 0 Å². The molecule has 1 aliphatic carbocycles. The van der Waals surface area contributed by atoms with E-state index in [1.807, 2.05) is 0 Å². The van der Waals surface area contributed by atoms with Crippen molar-refractivity contribution in [2.24, 2.45) is 0 Å².